The lowest BCUT2D eigenvalue weighted by Crippen LogP contribution is -2.09. The maximum atomic E-state index is 12.0. The highest BCUT2D eigenvalue weighted by molar-refractivity contribution is 5.98. The second-order valence-corrected chi connectivity index (χ2v) is 5.34. The Kier molecular flexibility index (Phi) is 2.90. The number of carbonyl (C=O) groups excluding carboxylic acids is 2. The first-order valence-electron chi connectivity index (χ1n) is 6.68. The number of hydrogen-bond acceptors (Lipinski definition) is 2. The van der Waals surface area contributed by atoms with Gasteiger partial charge in [-0.2, -0.15) is 0 Å². The molecule has 18 heavy (non-hydrogen) atoms. The Morgan fingerprint density at radius 2 is 2.11 bits per heavy atom. The quantitative estimate of drug-likeness (QED) is 0.830. The largest absolute Gasteiger partial charge is 0.326 e. The van der Waals surface area contributed by atoms with Crippen molar-refractivity contribution >= 4 is 17.4 Å². The third-order valence-corrected chi connectivity index (χ3v) is 3.72. The van der Waals surface area contributed by atoms with Crippen molar-refractivity contribution in [3.8, 4) is 0 Å². The van der Waals surface area contributed by atoms with E-state index in [4.69, 9.17) is 0 Å². The van der Waals surface area contributed by atoms with E-state index in [2.05, 4.69) is 5.32 Å². The van der Waals surface area contributed by atoms with Crippen LogP contribution >= 0.6 is 0 Å². The van der Waals surface area contributed by atoms with Crippen LogP contribution in [-0.2, 0) is 11.2 Å². The van der Waals surface area contributed by atoms with Gasteiger partial charge < -0.3 is 5.32 Å². The second kappa shape index (κ2) is 4.56. The number of ketones is 1. The molecule has 1 aliphatic carbocycles. The molecular formula is C15H17NO2. The van der Waals surface area contributed by atoms with Gasteiger partial charge in [-0.25, -0.2) is 0 Å². The molecule has 1 heterocycles. The summed E-state index contributed by atoms with van der Waals surface area (Å²) in [5.74, 6) is 0.942. The van der Waals surface area contributed by atoms with Crippen LogP contribution < -0.4 is 5.32 Å². The van der Waals surface area contributed by atoms with Gasteiger partial charge in [0.25, 0.3) is 0 Å². The molecule has 1 amide bonds. The zero-order valence-corrected chi connectivity index (χ0v) is 10.4. The van der Waals surface area contributed by atoms with Crippen LogP contribution in [0, 0.1) is 5.92 Å². The van der Waals surface area contributed by atoms with Gasteiger partial charge in [0.1, 0.15) is 0 Å². The lowest BCUT2D eigenvalue weighted by atomic mass is 10.00. The third kappa shape index (κ3) is 2.45. The van der Waals surface area contributed by atoms with E-state index in [1.165, 1.54) is 12.8 Å². The number of nitrogens with one attached hydrogen (secondary N) is 1. The van der Waals surface area contributed by atoms with Crippen LogP contribution in [0.5, 0.6) is 0 Å². The van der Waals surface area contributed by atoms with Crippen molar-refractivity contribution in [2.45, 2.75) is 38.5 Å². The molecule has 1 aromatic carbocycles. The molecule has 0 aromatic heterocycles. The standard InChI is InChI=1S/C15H17NO2/c17-14(8-10-4-5-10)12-6-7-13-11(9-12)2-1-3-15(18)16-13/h6-7,9-10H,1-5,8H2,(H,16,18). The molecule has 1 saturated carbocycles. The number of fused-ring (bicyclic) bond motifs is 1. The average molecular weight is 243 g/mol. The predicted octanol–water partition coefficient (Wildman–Crippen LogP) is 2.94. The summed E-state index contributed by atoms with van der Waals surface area (Å²) in [6.07, 6.45) is 5.39. The van der Waals surface area contributed by atoms with Gasteiger partial charge in [0.05, 0.1) is 0 Å². The molecule has 3 nitrogen and oxygen atoms in total. The van der Waals surface area contributed by atoms with Gasteiger partial charge in [-0.3, -0.25) is 9.59 Å². The number of carbonyl (C=O) groups is 2. The Balaban J connectivity index is 1.82. The molecular weight excluding hydrogens is 226 g/mol. The lowest BCUT2D eigenvalue weighted by Gasteiger charge is -2.08. The Bertz CT molecular complexity index is 503. The molecule has 0 atom stereocenters. The number of anilines is 1. The van der Waals surface area contributed by atoms with Gasteiger partial charge in [0, 0.05) is 24.1 Å². The highest BCUT2D eigenvalue weighted by Crippen LogP contribution is 2.34. The van der Waals surface area contributed by atoms with Crippen LogP contribution in [0.15, 0.2) is 18.2 Å². The van der Waals surface area contributed by atoms with Gasteiger partial charge in [-0.05, 0) is 55.4 Å². The minimum Gasteiger partial charge on any atom is -0.326 e. The fourth-order valence-electron chi connectivity index (χ4n) is 2.45. The Morgan fingerprint density at radius 1 is 1.28 bits per heavy atom. The normalized spacial score (nSPS) is 18.8. The monoisotopic (exact) mass is 243 g/mol. The maximum Gasteiger partial charge on any atom is 0.224 e. The van der Waals surface area contributed by atoms with Crippen molar-refractivity contribution in [2.75, 3.05) is 5.32 Å². The highest BCUT2D eigenvalue weighted by Gasteiger charge is 2.25. The summed E-state index contributed by atoms with van der Waals surface area (Å²) < 4.78 is 0. The van der Waals surface area contributed by atoms with Crippen LogP contribution in [0.4, 0.5) is 5.69 Å². The van der Waals surface area contributed by atoms with Crippen molar-refractivity contribution in [3.63, 3.8) is 0 Å². The maximum absolute atomic E-state index is 12.0. The van der Waals surface area contributed by atoms with Crippen molar-refractivity contribution in [3.05, 3.63) is 29.3 Å². The predicted molar refractivity (Wildman–Crippen MR) is 69.7 cm³/mol. The van der Waals surface area contributed by atoms with Gasteiger partial charge in [0.15, 0.2) is 5.78 Å². The highest BCUT2D eigenvalue weighted by atomic mass is 16.1. The zero-order valence-electron chi connectivity index (χ0n) is 10.4. The number of aryl methyl sites for hydroxylation is 1. The second-order valence-electron chi connectivity index (χ2n) is 5.34. The van der Waals surface area contributed by atoms with E-state index in [0.29, 0.717) is 18.8 Å². The summed E-state index contributed by atoms with van der Waals surface area (Å²) >= 11 is 0. The topological polar surface area (TPSA) is 46.2 Å². The minimum atomic E-state index is 0.0748. The first kappa shape index (κ1) is 11.5. The van der Waals surface area contributed by atoms with Crippen LogP contribution in [-0.4, -0.2) is 11.7 Å². The van der Waals surface area contributed by atoms with E-state index < -0.39 is 0 Å². The van der Waals surface area contributed by atoms with Crippen LogP contribution in [0.3, 0.4) is 0 Å². The van der Waals surface area contributed by atoms with Gasteiger partial charge >= 0.3 is 0 Å². The average Bonchev–Trinajstić information content (AvgIpc) is 3.15. The molecule has 0 bridgehead atoms. The zero-order chi connectivity index (χ0) is 12.5. The Hall–Kier alpha value is -1.64. The van der Waals surface area contributed by atoms with Crippen LogP contribution in [0.2, 0.25) is 0 Å². The van der Waals surface area contributed by atoms with Crippen molar-refractivity contribution < 1.29 is 9.59 Å². The molecule has 3 heteroatoms. The molecule has 1 aromatic rings. The molecule has 0 spiro atoms. The minimum absolute atomic E-state index is 0.0748. The molecule has 1 N–H and O–H groups in total. The molecule has 0 saturated heterocycles. The Labute approximate surface area is 107 Å². The molecule has 0 radical (unpaired) electrons. The fraction of sp³-hybridized carbons (Fsp3) is 0.467. The number of benzene rings is 1. The number of hydrogen-bond donors (Lipinski definition) is 1. The van der Waals surface area contributed by atoms with E-state index in [1.807, 2.05) is 18.2 Å². The van der Waals surface area contributed by atoms with Gasteiger partial charge in [-0.1, -0.05) is 0 Å². The lowest BCUT2D eigenvalue weighted by molar-refractivity contribution is -0.116. The summed E-state index contributed by atoms with van der Waals surface area (Å²) in [6.45, 7) is 0. The van der Waals surface area contributed by atoms with Crippen molar-refractivity contribution in [2.24, 2.45) is 5.92 Å². The van der Waals surface area contributed by atoms with E-state index in [1.54, 1.807) is 0 Å². The van der Waals surface area contributed by atoms with E-state index in [9.17, 15) is 9.59 Å². The summed E-state index contributed by atoms with van der Waals surface area (Å²) in [7, 11) is 0. The Morgan fingerprint density at radius 3 is 2.89 bits per heavy atom. The molecule has 1 aliphatic heterocycles. The summed E-state index contributed by atoms with van der Waals surface area (Å²) in [5, 5.41) is 2.89. The summed E-state index contributed by atoms with van der Waals surface area (Å²) in [4.78, 5) is 23.5. The van der Waals surface area contributed by atoms with Gasteiger partial charge in [-0.15, -0.1) is 0 Å². The third-order valence-electron chi connectivity index (χ3n) is 3.72. The van der Waals surface area contributed by atoms with Gasteiger partial charge in [0.2, 0.25) is 5.91 Å². The summed E-state index contributed by atoms with van der Waals surface area (Å²) in [5.41, 5.74) is 2.78. The number of rotatable bonds is 3. The SMILES string of the molecule is O=C1CCCc2cc(C(=O)CC3CC3)ccc2N1. The summed E-state index contributed by atoms with van der Waals surface area (Å²) in [6, 6.07) is 5.68. The number of amides is 1. The molecule has 94 valence electrons. The smallest absolute Gasteiger partial charge is 0.224 e. The molecule has 0 unspecified atom stereocenters. The number of Topliss-reactive ketones (excluding diaryl/α,β-unsaturated/α-hetero) is 1. The molecule has 3 rings (SSSR count). The van der Waals surface area contributed by atoms with E-state index in [0.717, 1.165) is 29.7 Å². The fourth-order valence-corrected chi connectivity index (χ4v) is 2.45. The van der Waals surface area contributed by atoms with E-state index >= 15 is 0 Å². The first-order chi connectivity index (χ1) is 8.72. The van der Waals surface area contributed by atoms with Crippen molar-refractivity contribution in [1.29, 1.82) is 0 Å². The van der Waals surface area contributed by atoms with Crippen LogP contribution in [0.25, 0.3) is 0 Å². The van der Waals surface area contributed by atoms with Crippen LogP contribution in [0.1, 0.15) is 48.0 Å². The van der Waals surface area contributed by atoms with E-state index in [-0.39, 0.29) is 11.7 Å². The molecule has 1 fully saturated rings. The van der Waals surface area contributed by atoms with Crippen molar-refractivity contribution in [1.82, 2.24) is 0 Å². The molecule has 2 aliphatic rings. The first-order valence-corrected chi connectivity index (χ1v) is 6.68.